The fourth-order valence-corrected chi connectivity index (χ4v) is 2.53. The Balaban J connectivity index is 2.15. The van der Waals surface area contributed by atoms with Crippen molar-refractivity contribution >= 4 is 17.7 Å². The topological polar surface area (TPSA) is 73.7 Å². The molecule has 0 saturated carbocycles. The highest BCUT2D eigenvalue weighted by Gasteiger charge is 2.36. The molecular formula is C14H19N3O3. The average molecular weight is 277 g/mol. The number of carbonyl (C=O) groups is 2. The molecule has 0 aromatic carbocycles. The molecule has 0 bridgehead atoms. The molecule has 6 heteroatoms. The van der Waals surface area contributed by atoms with Crippen LogP contribution < -0.4 is 4.90 Å². The number of hydrogen-bond donors (Lipinski definition) is 1. The smallest absolute Gasteiger partial charge is 0.308 e. The first-order valence-corrected chi connectivity index (χ1v) is 6.59. The van der Waals surface area contributed by atoms with E-state index in [0.717, 1.165) is 5.82 Å². The van der Waals surface area contributed by atoms with Gasteiger partial charge in [0.15, 0.2) is 0 Å². The predicted molar refractivity (Wildman–Crippen MR) is 74.8 cm³/mol. The largest absolute Gasteiger partial charge is 0.481 e. The standard InChI is InChI=1S/C14H19N3O3/c1-9-11(14(19)20)6-7-17(9)12-5-4-10(8-15-12)13(18)16(2)3/h4-5,8-9,11H,6-7H2,1-3H3,(H,19,20). The van der Waals surface area contributed by atoms with Crippen molar-refractivity contribution in [1.29, 1.82) is 0 Å². The number of aromatic nitrogens is 1. The van der Waals surface area contributed by atoms with Gasteiger partial charge in [-0.3, -0.25) is 9.59 Å². The first-order chi connectivity index (χ1) is 9.41. The molecule has 1 aliphatic heterocycles. The van der Waals surface area contributed by atoms with Crippen LogP contribution in [0.2, 0.25) is 0 Å². The fourth-order valence-electron chi connectivity index (χ4n) is 2.53. The highest BCUT2D eigenvalue weighted by atomic mass is 16.4. The van der Waals surface area contributed by atoms with Crippen LogP contribution in [0.5, 0.6) is 0 Å². The molecule has 0 aliphatic carbocycles. The van der Waals surface area contributed by atoms with Crippen molar-refractivity contribution in [3.8, 4) is 0 Å². The normalized spacial score (nSPS) is 21.9. The monoisotopic (exact) mass is 277 g/mol. The molecule has 6 nitrogen and oxygen atoms in total. The summed E-state index contributed by atoms with van der Waals surface area (Å²) in [4.78, 5) is 30.7. The minimum Gasteiger partial charge on any atom is -0.481 e. The summed E-state index contributed by atoms with van der Waals surface area (Å²) in [5, 5.41) is 9.13. The zero-order valence-corrected chi connectivity index (χ0v) is 11.9. The van der Waals surface area contributed by atoms with E-state index >= 15 is 0 Å². The van der Waals surface area contributed by atoms with Crippen LogP contribution in [0.3, 0.4) is 0 Å². The van der Waals surface area contributed by atoms with Crippen LogP contribution in [-0.4, -0.2) is 53.5 Å². The Morgan fingerprint density at radius 1 is 1.40 bits per heavy atom. The lowest BCUT2D eigenvalue weighted by Gasteiger charge is -2.24. The van der Waals surface area contributed by atoms with Gasteiger partial charge in [0.1, 0.15) is 5.82 Å². The van der Waals surface area contributed by atoms with Crippen molar-refractivity contribution in [3.63, 3.8) is 0 Å². The van der Waals surface area contributed by atoms with Crippen molar-refractivity contribution in [3.05, 3.63) is 23.9 Å². The quantitative estimate of drug-likeness (QED) is 0.895. The lowest BCUT2D eigenvalue weighted by atomic mass is 10.0. The third-order valence-electron chi connectivity index (χ3n) is 3.77. The molecule has 20 heavy (non-hydrogen) atoms. The van der Waals surface area contributed by atoms with E-state index in [-0.39, 0.29) is 17.9 Å². The second-order valence-corrected chi connectivity index (χ2v) is 5.27. The molecule has 1 fully saturated rings. The summed E-state index contributed by atoms with van der Waals surface area (Å²) < 4.78 is 0. The number of carbonyl (C=O) groups excluding carboxylic acids is 1. The molecule has 2 atom stereocenters. The van der Waals surface area contributed by atoms with Gasteiger partial charge in [0.05, 0.1) is 11.5 Å². The molecule has 2 unspecified atom stereocenters. The number of aliphatic carboxylic acids is 1. The Bertz CT molecular complexity index is 513. The van der Waals surface area contributed by atoms with Gasteiger partial charge in [-0.1, -0.05) is 0 Å². The summed E-state index contributed by atoms with van der Waals surface area (Å²) in [5.41, 5.74) is 0.528. The number of amides is 1. The van der Waals surface area contributed by atoms with Crippen molar-refractivity contribution in [1.82, 2.24) is 9.88 Å². The van der Waals surface area contributed by atoms with Gasteiger partial charge in [0.2, 0.25) is 0 Å². The van der Waals surface area contributed by atoms with Gasteiger partial charge in [-0.2, -0.15) is 0 Å². The SMILES string of the molecule is CC1C(C(=O)O)CCN1c1ccc(C(=O)N(C)C)cn1. The van der Waals surface area contributed by atoms with Crippen LogP contribution >= 0.6 is 0 Å². The van der Waals surface area contributed by atoms with Crippen LogP contribution in [0.15, 0.2) is 18.3 Å². The number of anilines is 1. The van der Waals surface area contributed by atoms with Crippen molar-refractivity contribution in [2.45, 2.75) is 19.4 Å². The van der Waals surface area contributed by atoms with E-state index in [2.05, 4.69) is 4.98 Å². The van der Waals surface area contributed by atoms with E-state index < -0.39 is 5.97 Å². The average Bonchev–Trinajstić information content (AvgIpc) is 2.80. The summed E-state index contributed by atoms with van der Waals surface area (Å²) in [5.74, 6) is -0.502. The molecule has 0 radical (unpaired) electrons. The van der Waals surface area contributed by atoms with E-state index in [0.29, 0.717) is 18.5 Å². The minimum atomic E-state index is -0.764. The Labute approximate surface area is 118 Å². The molecule has 1 saturated heterocycles. The van der Waals surface area contributed by atoms with E-state index in [1.807, 2.05) is 11.8 Å². The van der Waals surface area contributed by atoms with Gasteiger partial charge in [0, 0.05) is 32.9 Å². The Morgan fingerprint density at radius 2 is 2.10 bits per heavy atom. The lowest BCUT2D eigenvalue weighted by Crippen LogP contribution is -2.33. The van der Waals surface area contributed by atoms with Crippen molar-refractivity contribution in [2.24, 2.45) is 5.92 Å². The maximum Gasteiger partial charge on any atom is 0.308 e. The minimum absolute atomic E-state index is 0.0876. The lowest BCUT2D eigenvalue weighted by molar-refractivity contribution is -0.141. The van der Waals surface area contributed by atoms with E-state index in [1.54, 1.807) is 32.4 Å². The molecule has 1 amide bonds. The van der Waals surface area contributed by atoms with E-state index in [1.165, 1.54) is 4.90 Å². The molecule has 2 rings (SSSR count). The maximum atomic E-state index is 11.8. The molecule has 1 N–H and O–H groups in total. The molecule has 1 aromatic rings. The van der Waals surface area contributed by atoms with Gasteiger partial charge in [-0.15, -0.1) is 0 Å². The first-order valence-electron chi connectivity index (χ1n) is 6.59. The number of nitrogens with zero attached hydrogens (tertiary/aromatic N) is 3. The highest BCUT2D eigenvalue weighted by molar-refractivity contribution is 5.93. The molecule has 1 aliphatic rings. The van der Waals surface area contributed by atoms with Crippen LogP contribution in [0.25, 0.3) is 0 Å². The van der Waals surface area contributed by atoms with Gasteiger partial charge in [-0.05, 0) is 25.5 Å². The zero-order chi connectivity index (χ0) is 14.9. The van der Waals surface area contributed by atoms with Crippen LogP contribution in [0, 0.1) is 5.92 Å². The molecule has 0 spiro atoms. The number of hydrogen-bond acceptors (Lipinski definition) is 4. The van der Waals surface area contributed by atoms with E-state index in [4.69, 9.17) is 5.11 Å². The van der Waals surface area contributed by atoms with Crippen molar-refractivity contribution in [2.75, 3.05) is 25.5 Å². The number of pyridine rings is 1. The number of carboxylic acids is 1. The summed E-state index contributed by atoms with van der Waals surface area (Å²) in [6, 6.07) is 3.42. The second-order valence-electron chi connectivity index (χ2n) is 5.27. The molecule has 1 aromatic heterocycles. The number of carboxylic acid groups (broad SMARTS) is 1. The molecular weight excluding hydrogens is 258 g/mol. The Hall–Kier alpha value is -2.11. The summed E-state index contributed by atoms with van der Waals surface area (Å²) >= 11 is 0. The summed E-state index contributed by atoms with van der Waals surface area (Å²) in [6.07, 6.45) is 2.16. The van der Waals surface area contributed by atoms with Crippen LogP contribution in [0.1, 0.15) is 23.7 Å². The van der Waals surface area contributed by atoms with Gasteiger partial charge in [0.25, 0.3) is 5.91 Å². The first kappa shape index (κ1) is 14.3. The Kier molecular flexibility index (Phi) is 3.92. The van der Waals surface area contributed by atoms with Crippen molar-refractivity contribution < 1.29 is 14.7 Å². The predicted octanol–water partition coefficient (Wildman–Crippen LogP) is 1.08. The summed E-state index contributed by atoms with van der Waals surface area (Å²) in [7, 11) is 3.38. The zero-order valence-electron chi connectivity index (χ0n) is 11.9. The Morgan fingerprint density at radius 3 is 2.55 bits per heavy atom. The van der Waals surface area contributed by atoms with E-state index in [9.17, 15) is 9.59 Å². The highest BCUT2D eigenvalue weighted by Crippen LogP contribution is 2.28. The third kappa shape index (κ3) is 2.59. The molecule has 2 heterocycles. The van der Waals surface area contributed by atoms with Crippen LogP contribution in [0.4, 0.5) is 5.82 Å². The number of rotatable bonds is 3. The van der Waals surface area contributed by atoms with Gasteiger partial charge >= 0.3 is 5.97 Å². The fraction of sp³-hybridized carbons (Fsp3) is 0.500. The summed E-state index contributed by atoms with van der Waals surface area (Å²) in [6.45, 7) is 2.57. The van der Waals surface area contributed by atoms with Gasteiger partial charge in [-0.25, -0.2) is 4.98 Å². The van der Waals surface area contributed by atoms with Gasteiger partial charge < -0.3 is 14.9 Å². The van der Waals surface area contributed by atoms with Crippen LogP contribution in [-0.2, 0) is 4.79 Å². The maximum absolute atomic E-state index is 11.8. The molecule has 108 valence electrons. The second kappa shape index (κ2) is 5.48. The third-order valence-corrected chi connectivity index (χ3v) is 3.77.